The lowest BCUT2D eigenvalue weighted by molar-refractivity contribution is 0.0387. The molecule has 0 saturated carbocycles. The minimum atomic E-state index is -3.46. The Labute approximate surface area is 210 Å². The number of carbonyl (C=O) groups is 2. The molecule has 0 fully saturated rings. The number of anilines is 2. The fraction of sp³-hybridized carbons (Fsp3) is 0.417. The lowest BCUT2D eigenvalue weighted by Gasteiger charge is -2.38. The summed E-state index contributed by atoms with van der Waals surface area (Å²) in [6.45, 7) is 3.59. The Bertz CT molecular complexity index is 1210. The average molecular weight is 523 g/mol. The van der Waals surface area contributed by atoms with Gasteiger partial charge in [-0.1, -0.05) is 6.92 Å². The Balaban J connectivity index is 1.90. The summed E-state index contributed by atoms with van der Waals surface area (Å²) >= 11 is 0. The predicted molar refractivity (Wildman–Crippen MR) is 134 cm³/mol. The standard InChI is InChI=1S/C24H31FN4O6S/c1-15-12-29(16(2)14-30)23(31)20-11-19(27-24(32)26-18-7-5-17(25)6-8-18)9-10-21(20)35-22(15)13-28(3)36(4,33)34/h5-11,15-16,22,30H,12-14H2,1-4H3,(H2,26,27,32)/t15-,16-,22+/m1/s1. The van der Waals surface area contributed by atoms with E-state index in [-0.39, 0.29) is 36.9 Å². The second-order valence-electron chi connectivity index (χ2n) is 8.96. The third-order valence-electron chi connectivity index (χ3n) is 6.03. The van der Waals surface area contributed by atoms with E-state index in [1.807, 2.05) is 6.92 Å². The number of halogens is 1. The van der Waals surface area contributed by atoms with Gasteiger partial charge in [0.25, 0.3) is 5.91 Å². The number of urea groups is 1. The molecule has 0 aliphatic carbocycles. The van der Waals surface area contributed by atoms with Crippen LogP contribution in [0.1, 0.15) is 24.2 Å². The molecule has 12 heteroatoms. The number of fused-ring (bicyclic) bond motifs is 1. The van der Waals surface area contributed by atoms with Crippen molar-refractivity contribution in [1.82, 2.24) is 9.21 Å². The van der Waals surface area contributed by atoms with E-state index >= 15 is 0 Å². The summed E-state index contributed by atoms with van der Waals surface area (Å²) in [6, 6.07) is 8.71. The molecule has 2 aromatic rings. The second kappa shape index (κ2) is 11.2. The molecule has 0 bridgehead atoms. The van der Waals surface area contributed by atoms with Crippen molar-refractivity contribution >= 4 is 33.3 Å². The molecular weight excluding hydrogens is 491 g/mol. The maximum Gasteiger partial charge on any atom is 0.323 e. The third kappa shape index (κ3) is 6.71. The lowest BCUT2D eigenvalue weighted by Crippen LogP contribution is -2.50. The van der Waals surface area contributed by atoms with Crippen molar-refractivity contribution in [2.24, 2.45) is 5.92 Å². The minimum Gasteiger partial charge on any atom is -0.488 e. The van der Waals surface area contributed by atoms with Gasteiger partial charge in [0.15, 0.2) is 0 Å². The smallest absolute Gasteiger partial charge is 0.323 e. The third-order valence-corrected chi connectivity index (χ3v) is 7.31. The van der Waals surface area contributed by atoms with E-state index in [1.54, 1.807) is 13.0 Å². The van der Waals surface area contributed by atoms with Gasteiger partial charge in [-0.05, 0) is 49.4 Å². The van der Waals surface area contributed by atoms with Gasteiger partial charge in [0.2, 0.25) is 10.0 Å². The highest BCUT2D eigenvalue weighted by Crippen LogP contribution is 2.31. The first-order chi connectivity index (χ1) is 16.9. The summed E-state index contributed by atoms with van der Waals surface area (Å²) in [6.07, 6.45) is 0.526. The molecule has 0 radical (unpaired) electrons. The molecule has 196 valence electrons. The number of sulfonamides is 1. The molecule has 0 spiro atoms. The fourth-order valence-electron chi connectivity index (χ4n) is 3.73. The molecule has 3 amide bonds. The van der Waals surface area contributed by atoms with Crippen molar-refractivity contribution in [3.63, 3.8) is 0 Å². The number of aliphatic hydroxyl groups is 1. The van der Waals surface area contributed by atoms with Gasteiger partial charge in [-0.25, -0.2) is 21.9 Å². The normalized spacial score (nSPS) is 19.1. The highest BCUT2D eigenvalue weighted by Gasteiger charge is 2.34. The Morgan fingerprint density at radius 2 is 1.83 bits per heavy atom. The minimum absolute atomic E-state index is 0.0645. The maximum atomic E-state index is 13.4. The maximum absolute atomic E-state index is 13.4. The molecule has 1 heterocycles. The Hall–Kier alpha value is -3.22. The van der Waals surface area contributed by atoms with Crippen molar-refractivity contribution in [2.75, 3.05) is 43.6 Å². The quantitative estimate of drug-likeness (QED) is 0.513. The van der Waals surface area contributed by atoms with Crippen molar-refractivity contribution < 1.29 is 32.2 Å². The van der Waals surface area contributed by atoms with Gasteiger partial charge in [-0.3, -0.25) is 4.79 Å². The van der Waals surface area contributed by atoms with Crippen LogP contribution in [0.15, 0.2) is 42.5 Å². The molecular formula is C24H31FN4O6S. The first-order valence-corrected chi connectivity index (χ1v) is 13.2. The molecule has 1 aliphatic rings. The van der Waals surface area contributed by atoms with Crippen molar-refractivity contribution in [3.8, 4) is 5.75 Å². The molecule has 0 aromatic heterocycles. The largest absolute Gasteiger partial charge is 0.488 e. The van der Waals surface area contributed by atoms with Crippen LogP contribution in [0.2, 0.25) is 0 Å². The molecule has 2 aromatic carbocycles. The van der Waals surface area contributed by atoms with Crippen LogP contribution >= 0.6 is 0 Å². The Kier molecular flexibility index (Phi) is 8.54. The number of nitrogens with one attached hydrogen (secondary N) is 2. The van der Waals surface area contributed by atoms with Crippen molar-refractivity contribution in [3.05, 3.63) is 53.8 Å². The molecule has 0 unspecified atom stereocenters. The number of nitrogens with zero attached hydrogens (tertiary/aromatic N) is 2. The van der Waals surface area contributed by atoms with Crippen LogP contribution in [0.3, 0.4) is 0 Å². The van der Waals surface area contributed by atoms with Gasteiger partial charge in [-0.15, -0.1) is 0 Å². The average Bonchev–Trinajstić information content (AvgIpc) is 2.82. The first kappa shape index (κ1) is 27.4. The van der Waals surface area contributed by atoms with Crippen LogP contribution < -0.4 is 15.4 Å². The van der Waals surface area contributed by atoms with Gasteiger partial charge in [0.1, 0.15) is 17.7 Å². The van der Waals surface area contributed by atoms with Crippen molar-refractivity contribution in [1.29, 1.82) is 0 Å². The summed E-state index contributed by atoms with van der Waals surface area (Å²) in [5, 5.41) is 15.0. The zero-order chi connectivity index (χ0) is 26.6. The molecule has 36 heavy (non-hydrogen) atoms. The van der Waals surface area contributed by atoms with E-state index < -0.39 is 39.9 Å². The van der Waals surface area contributed by atoms with Crippen molar-refractivity contribution in [2.45, 2.75) is 26.0 Å². The molecule has 3 rings (SSSR count). The predicted octanol–water partition coefficient (Wildman–Crippen LogP) is 2.58. The van der Waals surface area contributed by atoms with Crippen LogP contribution in [0.5, 0.6) is 5.75 Å². The summed E-state index contributed by atoms with van der Waals surface area (Å²) < 4.78 is 44.4. The SMILES string of the molecule is C[C@@H]1CN([C@H](C)CO)C(=O)c2cc(NC(=O)Nc3ccc(F)cc3)ccc2O[C@H]1CN(C)S(C)(=O)=O. The van der Waals surface area contributed by atoms with Crippen LogP contribution in [0.4, 0.5) is 20.6 Å². The number of hydrogen-bond donors (Lipinski definition) is 3. The number of ether oxygens (including phenoxy) is 1. The molecule has 1 aliphatic heterocycles. The molecule has 10 nitrogen and oxygen atoms in total. The summed E-state index contributed by atoms with van der Waals surface area (Å²) in [5.74, 6) is -0.841. The molecule has 3 atom stereocenters. The number of carbonyl (C=O) groups excluding carboxylic acids is 2. The zero-order valence-corrected chi connectivity index (χ0v) is 21.4. The number of hydrogen-bond acceptors (Lipinski definition) is 6. The van der Waals surface area contributed by atoms with E-state index in [4.69, 9.17) is 4.74 Å². The van der Waals surface area contributed by atoms with E-state index in [9.17, 15) is 27.5 Å². The summed E-state index contributed by atoms with van der Waals surface area (Å²) in [4.78, 5) is 27.4. The van der Waals surface area contributed by atoms with Crippen LogP contribution in [-0.2, 0) is 10.0 Å². The van der Waals surface area contributed by atoms with E-state index in [2.05, 4.69) is 10.6 Å². The van der Waals surface area contributed by atoms with Gasteiger partial charge in [-0.2, -0.15) is 0 Å². The van der Waals surface area contributed by atoms with Crippen LogP contribution in [-0.4, -0.2) is 79.8 Å². The van der Waals surface area contributed by atoms with E-state index in [0.29, 0.717) is 11.4 Å². The Morgan fingerprint density at radius 3 is 2.44 bits per heavy atom. The highest BCUT2D eigenvalue weighted by atomic mass is 32.2. The van der Waals surface area contributed by atoms with E-state index in [0.717, 1.165) is 6.26 Å². The van der Waals surface area contributed by atoms with Gasteiger partial charge < -0.3 is 25.4 Å². The van der Waals surface area contributed by atoms with Crippen LogP contribution in [0.25, 0.3) is 0 Å². The summed E-state index contributed by atoms with van der Waals surface area (Å²) in [5.41, 5.74) is 0.850. The Morgan fingerprint density at radius 1 is 1.22 bits per heavy atom. The fourth-order valence-corrected chi connectivity index (χ4v) is 4.15. The summed E-state index contributed by atoms with van der Waals surface area (Å²) in [7, 11) is -2.00. The molecule has 0 saturated heterocycles. The van der Waals surface area contributed by atoms with E-state index in [1.165, 1.54) is 52.7 Å². The lowest BCUT2D eigenvalue weighted by atomic mass is 9.99. The highest BCUT2D eigenvalue weighted by molar-refractivity contribution is 7.88. The number of likely N-dealkylation sites (N-methyl/N-ethyl adjacent to an activating group) is 1. The second-order valence-corrected chi connectivity index (χ2v) is 11.1. The topological polar surface area (TPSA) is 128 Å². The molecule has 3 N–H and O–H groups in total. The first-order valence-electron chi connectivity index (χ1n) is 11.4. The van der Waals surface area contributed by atoms with Crippen LogP contribution in [0, 0.1) is 11.7 Å². The van der Waals surface area contributed by atoms with Gasteiger partial charge in [0, 0.05) is 30.9 Å². The van der Waals surface area contributed by atoms with Gasteiger partial charge >= 0.3 is 6.03 Å². The number of rotatable bonds is 7. The number of amides is 3. The zero-order valence-electron chi connectivity index (χ0n) is 20.6. The number of aliphatic hydroxyl groups excluding tert-OH is 1. The monoisotopic (exact) mass is 522 g/mol. The number of benzene rings is 2. The van der Waals surface area contributed by atoms with Gasteiger partial charge in [0.05, 0.1) is 31.0 Å².